The summed E-state index contributed by atoms with van der Waals surface area (Å²) in [6.45, 7) is 10.0. The zero-order valence-electron chi connectivity index (χ0n) is 15.7. The minimum atomic E-state index is -0.983. The summed E-state index contributed by atoms with van der Waals surface area (Å²) in [6, 6.07) is -0.0888. The van der Waals surface area contributed by atoms with Crippen molar-refractivity contribution in [2.45, 2.75) is 72.4 Å². The van der Waals surface area contributed by atoms with Gasteiger partial charge in [-0.15, -0.1) is 0 Å². The van der Waals surface area contributed by atoms with E-state index in [1.54, 1.807) is 18.7 Å². The third-order valence-corrected chi connectivity index (χ3v) is 5.26. The Morgan fingerprint density at radius 1 is 1.16 bits per heavy atom. The minimum absolute atomic E-state index is 0.0888. The topological polar surface area (TPSA) is 93.1 Å². The van der Waals surface area contributed by atoms with Crippen LogP contribution in [0.15, 0.2) is 0 Å². The van der Waals surface area contributed by atoms with E-state index < -0.39 is 18.2 Å². The summed E-state index contributed by atoms with van der Waals surface area (Å²) in [4.78, 5) is 36.8. The molecule has 2 fully saturated rings. The van der Waals surface area contributed by atoms with Gasteiger partial charge in [-0.1, -0.05) is 20.8 Å². The van der Waals surface area contributed by atoms with Crippen molar-refractivity contribution in [2.75, 3.05) is 6.54 Å². The third-order valence-electron chi connectivity index (χ3n) is 5.26. The van der Waals surface area contributed by atoms with E-state index in [-0.39, 0.29) is 28.9 Å². The molecular weight excluding hydrogens is 326 g/mol. The number of carboxylic acids is 1. The smallest absolute Gasteiger partial charge is 0.481 e. The second-order valence-electron chi connectivity index (χ2n) is 8.66. The van der Waals surface area contributed by atoms with Gasteiger partial charge in [-0.2, -0.15) is 0 Å². The number of rotatable bonds is 2. The van der Waals surface area contributed by atoms with E-state index in [2.05, 4.69) is 20.8 Å². The second-order valence-corrected chi connectivity index (χ2v) is 8.66. The van der Waals surface area contributed by atoms with Crippen LogP contribution in [0.4, 0.5) is 9.59 Å². The maximum absolute atomic E-state index is 12.4. The Morgan fingerprint density at radius 3 is 2.16 bits per heavy atom. The lowest BCUT2D eigenvalue weighted by atomic mass is 9.55. The van der Waals surface area contributed by atoms with Gasteiger partial charge in [-0.05, 0) is 44.9 Å². The Kier molecular flexibility index (Phi) is 5.35. The number of ether oxygens (including phenoxy) is 2. The highest BCUT2D eigenvalue weighted by Crippen LogP contribution is 2.55. The SMILES string of the molecule is CC(C)OC(=O)OC(=O)N1CC2(CCC(C(=O)O)CC2)C1C(C)(C)C. The first-order valence-electron chi connectivity index (χ1n) is 8.88. The van der Waals surface area contributed by atoms with Crippen molar-refractivity contribution in [3.8, 4) is 0 Å². The number of hydrogen-bond acceptors (Lipinski definition) is 5. The highest BCUT2D eigenvalue weighted by Gasteiger charge is 2.60. The van der Waals surface area contributed by atoms with E-state index in [0.29, 0.717) is 19.4 Å². The summed E-state index contributed by atoms with van der Waals surface area (Å²) in [5, 5.41) is 9.20. The predicted octanol–water partition coefficient (Wildman–Crippen LogP) is 3.66. The Bertz CT molecular complexity index is 542. The average molecular weight is 355 g/mol. The van der Waals surface area contributed by atoms with Crippen LogP contribution in [0.2, 0.25) is 0 Å². The number of hydrogen-bond donors (Lipinski definition) is 1. The summed E-state index contributed by atoms with van der Waals surface area (Å²) in [5.74, 6) is -1.04. The molecule has 1 aliphatic carbocycles. The summed E-state index contributed by atoms with van der Waals surface area (Å²) in [6.07, 6.45) is 0.769. The molecule has 7 heteroatoms. The maximum Gasteiger partial charge on any atom is 0.517 e. The summed E-state index contributed by atoms with van der Waals surface area (Å²) >= 11 is 0. The van der Waals surface area contributed by atoms with Crippen molar-refractivity contribution in [1.29, 1.82) is 0 Å². The Labute approximate surface area is 148 Å². The molecule has 0 bridgehead atoms. The molecule has 25 heavy (non-hydrogen) atoms. The predicted molar refractivity (Wildman–Crippen MR) is 90.1 cm³/mol. The number of carboxylic acid groups (broad SMARTS) is 1. The van der Waals surface area contributed by atoms with Gasteiger partial charge in [0.1, 0.15) is 0 Å². The monoisotopic (exact) mass is 355 g/mol. The quantitative estimate of drug-likeness (QED) is 0.600. The van der Waals surface area contributed by atoms with Gasteiger partial charge in [-0.3, -0.25) is 4.79 Å². The van der Waals surface area contributed by atoms with Crippen LogP contribution < -0.4 is 0 Å². The van der Waals surface area contributed by atoms with Crippen LogP contribution in [0, 0.1) is 16.7 Å². The second kappa shape index (κ2) is 6.84. The van der Waals surface area contributed by atoms with Crippen molar-refractivity contribution < 1.29 is 29.0 Å². The molecule has 1 unspecified atom stereocenters. The average Bonchev–Trinajstić information content (AvgIpc) is 2.42. The molecule has 7 nitrogen and oxygen atoms in total. The van der Waals surface area contributed by atoms with Gasteiger partial charge in [-0.25, -0.2) is 9.59 Å². The fraction of sp³-hybridized carbons (Fsp3) is 0.833. The van der Waals surface area contributed by atoms with Gasteiger partial charge < -0.3 is 19.5 Å². The molecule has 1 heterocycles. The Balaban J connectivity index is 2.06. The van der Waals surface area contributed by atoms with E-state index in [0.717, 1.165) is 12.8 Å². The number of carbonyl (C=O) groups is 3. The number of likely N-dealkylation sites (tertiary alicyclic amines) is 1. The van der Waals surface area contributed by atoms with E-state index in [9.17, 15) is 19.5 Å². The van der Waals surface area contributed by atoms with Gasteiger partial charge in [0.25, 0.3) is 0 Å². The summed E-state index contributed by atoms with van der Waals surface area (Å²) in [7, 11) is 0. The molecule has 2 rings (SSSR count). The lowest BCUT2D eigenvalue weighted by molar-refractivity contribution is -0.153. The first-order valence-corrected chi connectivity index (χ1v) is 8.88. The van der Waals surface area contributed by atoms with Crippen LogP contribution in [-0.4, -0.2) is 46.9 Å². The van der Waals surface area contributed by atoms with Gasteiger partial charge in [0.2, 0.25) is 0 Å². The number of aliphatic carboxylic acids is 1. The van der Waals surface area contributed by atoms with Crippen LogP contribution >= 0.6 is 0 Å². The van der Waals surface area contributed by atoms with E-state index in [4.69, 9.17) is 9.47 Å². The standard InChI is InChI=1S/C18H29NO6/c1-11(2)24-16(23)25-15(22)19-10-18(14(19)17(3,4)5)8-6-12(7-9-18)13(20)21/h11-12,14H,6-10H2,1-5H3,(H,20,21). The lowest BCUT2D eigenvalue weighted by Gasteiger charge is -2.63. The highest BCUT2D eigenvalue weighted by molar-refractivity contribution is 5.81. The fourth-order valence-corrected chi connectivity index (χ4v) is 4.51. The molecule has 1 spiro atoms. The third kappa shape index (κ3) is 4.07. The van der Waals surface area contributed by atoms with Crippen molar-refractivity contribution in [2.24, 2.45) is 16.7 Å². The lowest BCUT2D eigenvalue weighted by Crippen LogP contribution is -2.71. The molecule has 0 radical (unpaired) electrons. The zero-order valence-corrected chi connectivity index (χ0v) is 15.7. The first-order chi connectivity index (χ1) is 11.5. The van der Waals surface area contributed by atoms with Crippen LogP contribution in [0.1, 0.15) is 60.3 Å². The minimum Gasteiger partial charge on any atom is -0.481 e. The van der Waals surface area contributed by atoms with E-state index in [1.807, 2.05) is 0 Å². The van der Waals surface area contributed by atoms with Crippen LogP contribution in [0.5, 0.6) is 0 Å². The van der Waals surface area contributed by atoms with Gasteiger partial charge in [0.05, 0.1) is 12.0 Å². The fourth-order valence-electron chi connectivity index (χ4n) is 4.51. The van der Waals surface area contributed by atoms with Gasteiger partial charge in [0, 0.05) is 18.0 Å². The van der Waals surface area contributed by atoms with Gasteiger partial charge in [0.15, 0.2) is 0 Å². The number of nitrogens with zero attached hydrogens (tertiary/aromatic N) is 1. The van der Waals surface area contributed by atoms with Crippen LogP contribution in [0.3, 0.4) is 0 Å². The molecule has 1 N–H and O–H groups in total. The first kappa shape index (κ1) is 19.5. The van der Waals surface area contributed by atoms with Crippen molar-refractivity contribution in [3.63, 3.8) is 0 Å². The molecule has 1 saturated carbocycles. The molecular formula is C18H29NO6. The molecule has 1 atom stereocenters. The largest absolute Gasteiger partial charge is 0.517 e. The maximum atomic E-state index is 12.4. The zero-order chi connectivity index (χ0) is 19.0. The Hall–Kier alpha value is -1.79. The van der Waals surface area contributed by atoms with E-state index in [1.165, 1.54) is 0 Å². The summed E-state index contributed by atoms with van der Waals surface area (Å²) in [5.41, 5.74) is -0.291. The number of carbonyl (C=O) groups excluding carboxylic acids is 2. The summed E-state index contributed by atoms with van der Waals surface area (Å²) < 4.78 is 9.68. The van der Waals surface area contributed by atoms with Gasteiger partial charge >= 0.3 is 18.2 Å². The van der Waals surface area contributed by atoms with E-state index >= 15 is 0 Å². The van der Waals surface area contributed by atoms with Crippen molar-refractivity contribution >= 4 is 18.2 Å². The molecule has 0 aromatic rings. The molecule has 1 saturated heterocycles. The number of amides is 1. The molecule has 0 aromatic heterocycles. The molecule has 0 aromatic carbocycles. The van der Waals surface area contributed by atoms with Crippen LogP contribution in [-0.2, 0) is 14.3 Å². The normalized spacial score (nSPS) is 29.3. The molecule has 142 valence electrons. The highest BCUT2D eigenvalue weighted by atomic mass is 16.7. The Morgan fingerprint density at radius 2 is 1.72 bits per heavy atom. The van der Waals surface area contributed by atoms with Crippen LogP contribution in [0.25, 0.3) is 0 Å². The molecule has 1 aliphatic heterocycles. The van der Waals surface area contributed by atoms with Crippen molar-refractivity contribution in [1.82, 2.24) is 4.90 Å². The molecule has 2 aliphatic rings. The molecule has 1 amide bonds. The van der Waals surface area contributed by atoms with Crippen molar-refractivity contribution in [3.05, 3.63) is 0 Å².